The van der Waals surface area contributed by atoms with Crippen molar-refractivity contribution >= 4 is 23.1 Å². The van der Waals surface area contributed by atoms with Gasteiger partial charge in [-0.2, -0.15) is 9.49 Å². The summed E-state index contributed by atoms with van der Waals surface area (Å²) in [6.45, 7) is 21.8. The van der Waals surface area contributed by atoms with E-state index >= 15 is 0 Å². The number of aliphatic hydroxyl groups is 1. The predicted octanol–water partition coefficient (Wildman–Crippen LogP) is 8.46. The summed E-state index contributed by atoms with van der Waals surface area (Å²) in [5.74, 6) is -0.110. The molecule has 1 aliphatic rings. The highest BCUT2D eigenvalue weighted by atomic mass is 35.5. The number of aliphatic imine (C=N–C) groups is 1. The average molecular weight is 588 g/mol. The molecule has 1 aromatic carbocycles. The summed E-state index contributed by atoms with van der Waals surface area (Å²) in [5, 5.41) is 15.4. The molecule has 2 aromatic rings. The molecule has 0 spiro atoms. The van der Waals surface area contributed by atoms with E-state index in [1.807, 2.05) is 39.8 Å². The van der Waals surface area contributed by atoms with Crippen molar-refractivity contribution in [3.05, 3.63) is 82.1 Å². The number of ether oxygens (including phenoxy) is 1. The lowest BCUT2D eigenvalue weighted by Crippen LogP contribution is -2.30. The summed E-state index contributed by atoms with van der Waals surface area (Å²) in [7, 11) is 0. The van der Waals surface area contributed by atoms with Crippen molar-refractivity contribution in [1.29, 1.82) is 0 Å². The Labute approximate surface area is 250 Å². The van der Waals surface area contributed by atoms with Gasteiger partial charge < -0.3 is 9.84 Å². The third kappa shape index (κ3) is 11.4. The lowest BCUT2D eigenvalue weighted by molar-refractivity contribution is -0.120. The van der Waals surface area contributed by atoms with Crippen LogP contribution in [0.3, 0.4) is 0 Å². The van der Waals surface area contributed by atoms with Crippen LogP contribution in [-0.4, -0.2) is 39.0 Å². The van der Waals surface area contributed by atoms with Gasteiger partial charge in [0.1, 0.15) is 5.75 Å². The number of benzene rings is 1. The van der Waals surface area contributed by atoms with Gasteiger partial charge in [-0.25, -0.2) is 0 Å². The number of carbonyl (C=O) groups excluding carboxylic acids is 1. The van der Waals surface area contributed by atoms with Gasteiger partial charge >= 0.3 is 0 Å². The van der Waals surface area contributed by atoms with Crippen LogP contribution in [0.15, 0.2) is 65.0 Å². The van der Waals surface area contributed by atoms with Crippen LogP contribution in [0.2, 0.25) is 5.02 Å². The number of carbonyl (C=O) groups is 1. The number of H-pyrrole nitrogens is 1. The average Bonchev–Trinajstić information content (AvgIpc) is 3.35. The van der Waals surface area contributed by atoms with E-state index in [-0.39, 0.29) is 29.8 Å². The van der Waals surface area contributed by atoms with Crippen LogP contribution in [-0.2, 0) is 11.2 Å². The van der Waals surface area contributed by atoms with Crippen LogP contribution >= 0.6 is 11.6 Å². The first-order chi connectivity index (χ1) is 19.2. The van der Waals surface area contributed by atoms with Gasteiger partial charge in [-0.15, -0.1) is 0 Å². The normalized spacial score (nSPS) is 15.6. The van der Waals surface area contributed by atoms with Crippen molar-refractivity contribution in [3.8, 4) is 5.75 Å². The first-order valence-electron chi connectivity index (χ1n) is 14.2. The Morgan fingerprint density at radius 2 is 1.93 bits per heavy atom. The maximum Gasteiger partial charge on any atom is 0.217 e. The number of rotatable bonds is 8. The van der Waals surface area contributed by atoms with Crippen molar-refractivity contribution in [2.75, 3.05) is 6.61 Å². The molecule has 6 nitrogen and oxygen atoms in total. The second kappa shape index (κ2) is 17.0. The molecular formula is C33H47ClFN3O3. The van der Waals surface area contributed by atoms with E-state index in [0.717, 1.165) is 23.3 Å². The van der Waals surface area contributed by atoms with Crippen LogP contribution in [0.5, 0.6) is 5.75 Å². The Bertz CT molecular complexity index is 1250. The Hall–Kier alpha value is -3.03. The number of hydrogen-bond acceptors (Lipinski definition) is 5. The maximum absolute atomic E-state index is 13.8. The number of hydrogen-bond donors (Lipinski definition) is 2. The molecular weight excluding hydrogens is 541 g/mol. The van der Waals surface area contributed by atoms with Gasteiger partial charge in [0.25, 0.3) is 0 Å². The lowest BCUT2D eigenvalue weighted by Gasteiger charge is -2.26. The number of allylic oxidation sites excluding steroid dienone is 4. The van der Waals surface area contributed by atoms with E-state index < -0.39 is 11.5 Å². The molecule has 1 aliphatic heterocycles. The minimum absolute atomic E-state index is 0.0477. The van der Waals surface area contributed by atoms with Crippen LogP contribution in [0.4, 0.5) is 4.39 Å². The second-order valence-electron chi connectivity index (χ2n) is 10.9. The molecule has 2 N–H and O–H groups in total. The first-order valence-corrected chi connectivity index (χ1v) is 14.6. The summed E-state index contributed by atoms with van der Waals surface area (Å²) >= 11 is 6.12. The fourth-order valence-corrected chi connectivity index (χ4v) is 3.77. The molecule has 226 valence electrons. The molecule has 8 heteroatoms. The zero-order valence-electron chi connectivity index (χ0n) is 26.1. The monoisotopic (exact) mass is 587 g/mol. The van der Waals surface area contributed by atoms with E-state index in [0.29, 0.717) is 28.3 Å². The quantitative estimate of drug-likeness (QED) is 0.184. The van der Waals surface area contributed by atoms with E-state index in [2.05, 4.69) is 35.6 Å². The van der Waals surface area contributed by atoms with Gasteiger partial charge in [0.15, 0.2) is 5.78 Å². The van der Waals surface area contributed by atoms with Crippen LogP contribution in [0.1, 0.15) is 86.3 Å². The van der Waals surface area contributed by atoms with Crippen molar-refractivity contribution < 1.29 is 19.0 Å². The Morgan fingerprint density at radius 3 is 2.41 bits per heavy atom. The van der Waals surface area contributed by atoms with Gasteiger partial charge in [0.2, 0.25) is 5.95 Å². The molecule has 0 amide bonds. The van der Waals surface area contributed by atoms with Gasteiger partial charge in [-0.05, 0) is 75.8 Å². The van der Waals surface area contributed by atoms with Crippen LogP contribution < -0.4 is 4.74 Å². The number of fused-ring (bicyclic) bond motifs is 1. The molecule has 41 heavy (non-hydrogen) atoms. The van der Waals surface area contributed by atoms with Crippen LogP contribution in [0, 0.1) is 17.8 Å². The predicted molar refractivity (Wildman–Crippen MR) is 168 cm³/mol. The smallest absolute Gasteiger partial charge is 0.217 e. The molecule has 1 aromatic heterocycles. The first kappa shape index (κ1) is 36.0. The Kier molecular flexibility index (Phi) is 15.0. The molecule has 0 fully saturated rings. The number of ketones is 1. The van der Waals surface area contributed by atoms with Gasteiger partial charge in [-0.1, -0.05) is 65.3 Å². The molecule has 1 atom stereocenters. The molecule has 2 heterocycles. The summed E-state index contributed by atoms with van der Waals surface area (Å²) < 4.78 is 19.7. The second-order valence-corrected chi connectivity index (χ2v) is 11.4. The van der Waals surface area contributed by atoms with Gasteiger partial charge in [0.05, 0.1) is 35.6 Å². The molecule has 0 saturated carbocycles. The lowest BCUT2D eigenvalue weighted by atomic mass is 9.83. The Morgan fingerprint density at radius 1 is 1.32 bits per heavy atom. The summed E-state index contributed by atoms with van der Waals surface area (Å²) in [5.41, 5.74) is 3.10. The maximum atomic E-state index is 13.8. The van der Waals surface area contributed by atoms with Gasteiger partial charge in [0, 0.05) is 22.4 Å². The molecule has 0 radical (unpaired) electrons. The van der Waals surface area contributed by atoms with Gasteiger partial charge in [-0.3, -0.25) is 14.9 Å². The molecule has 0 saturated heterocycles. The highest BCUT2D eigenvalue weighted by Crippen LogP contribution is 2.33. The van der Waals surface area contributed by atoms with E-state index in [9.17, 15) is 9.18 Å². The van der Waals surface area contributed by atoms with Crippen molar-refractivity contribution in [3.63, 3.8) is 0 Å². The number of aromatic nitrogens is 2. The number of nitrogens with zero attached hydrogens (tertiary/aromatic N) is 2. The highest BCUT2D eigenvalue weighted by Gasteiger charge is 2.30. The molecule has 0 bridgehead atoms. The van der Waals surface area contributed by atoms with Crippen molar-refractivity contribution in [2.45, 2.75) is 87.2 Å². The number of aromatic amines is 1. The van der Waals surface area contributed by atoms with E-state index in [1.165, 1.54) is 12.6 Å². The Balaban J connectivity index is 0.000000815. The number of halogens is 2. The number of nitrogens with one attached hydrogen (secondary N) is 1. The molecule has 3 rings (SSSR count). The van der Waals surface area contributed by atoms with Crippen LogP contribution in [0.25, 0.3) is 0 Å². The zero-order chi connectivity index (χ0) is 31.3. The summed E-state index contributed by atoms with van der Waals surface area (Å²) in [4.78, 5) is 18.0. The van der Waals surface area contributed by atoms with E-state index in [4.69, 9.17) is 21.4 Å². The van der Waals surface area contributed by atoms with Crippen molar-refractivity contribution in [1.82, 2.24) is 10.2 Å². The fourth-order valence-electron chi connectivity index (χ4n) is 3.57. The zero-order valence-corrected chi connectivity index (χ0v) is 26.8. The SMILES string of the molecule is C=C(C(=C\N=C(C)c1cn[nH]c1F)/C(=C\C)C(=O)C1COc2ccc(Cl)cc2C1)C(C)C.CCC.CCC(C)(C)O. The minimum Gasteiger partial charge on any atom is -0.493 e. The third-order valence-electron chi connectivity index (χ3n) is 6.42. The standard InChI is InChI=1S/C25H27ClFN3O2.C5H12O.C3H8/c1-6-20(24(31)18-9-17-10-19(26)7-8-23(17)32-13-18)21(15(4)14(2)3)11-28-16(5)22-12-29-30-25(22)27;1-4-5(2,3)6;1-3-2/h6-8,10-12,14,18H,4,9,13H2,1-3,5H3,(H,29,30);6H,4H2,1-3H3;3H2,1-2H3/b20-6+,21-11+,28-16?;;. The summed E-state index contributed by atoms with van der Waals surface area (Å²) in [6, 6.07) is 5.44. The summed E-state index contributed by atoms with van der Waals surface area (Å²) in [6.07, 6.45) is 7.36. The topological polar surface area (TPSA) is 87.6 Å². The minimum atomic E-state index is -0.553. The fraction of sp³-hybridized carbons (Fsp3) is 0.485. The highest BCUT2D eigenvalue weighted by molar-refractivity contribution is 6.30. The molecule has 0 aliphatic carbocycles. The number of Topliss-reactive ketones (excluding diaryl/α,β-unsaturated/α-hetero) is 1. The third-order valence-corrected chi connectivity index (χ3v) is 6.66. The van der Waals surface area contributed by atoms with E-state index in [1.54, 1.807) is 39.1 Å². The molecule has 1 unspecified atom stereocenters. The largest absolute Gasteiger partial charge is 0.493 e. The van der Waals surface area contributed by atoms with Crippen molar-refractivity contribution in [2.24, 2.45) is 16.8 Å².